The van der Waals surface area contributed by atoms with Crippen LogP contribution in [0.25, 0.3) is 0 Å². The first-order valence-electron chi connectivity index (χ1n) is 6.07. The van der Waals surface area contributed by atoms with Crippen LogP contribution < -0.4 is 0 Å². The van der Waals surface area contributed by atoms with Crippen LogP contribution in [-0.2, 0) is 0 Å². The minimum atomic E-state index is 0.563. The summed E-state index contributed by atoms with van der Waals surface area (Å²) in [5, 5.41) is 0. The van der Waals surface area contributed by atoms with E-state index in [0.717, 1.165) is 17.8 Å². The van der Waals surface area contributed by atoms with Crippen molar-refractivity contribution in [2.45, 2.75) is 59.3 Å². The smallest absolute Gasteiger partial charge is 0.0354 e. The SMILES string of the molecule is CC(C)(C)C1CCC2CCCC2C1. The predicted molar refractivity (Wildman–Crippen MR) is 57.6 cm³/mol. The van der Waals surface area contributed by atoms with E-state index in [1.54, 1.807) is 6.42 Å². The maximum Gasteiger partial charge on any atom is -0.0354 e. The second-order valence-electron chi connectivity index (χ2n) is 6.33. The van der Waals surface area contributed by atoms with E-state index >= 15 is 0 Å². The molecule has 13 heavy (non-hydrogen) atoms. The van der Waals surface area contributed by atoms with E-state index in [1.807, 2.05) is 0 Å². The zero-order valence-corrected chi connectivity index (χ0v) is 9.47. The lowest BCUT2D eigenvalue weighted by molar-refractivity contribution is 0.114. The average molecular weight is 180 g/mol. The summed E-state index contributed by atoms with van der Waals surface area (Å²) < 4.78 is 0. The van der Waals surface area contributed by atoms with Crippen molar-refractivity contribution < 1.29 is 0 Å². The third kappa shape index (κ3) is 1.92. The van der Waals surface area contributed by atoms with Gasteiger partial charge in [-0.1, -0.05) is 40.0 Å². The van der Waals surface area contributed by atoms with Crippen molar-refractivity contribution in [3.8, 4) is 0 Å². The molecule has 0 N–H and O–H groups in total. The fraction of sp³-hybridized carbons (Fsp3) is 1.00. The molecule has 0 amide bonds. The van der Waals surface area contributed by atoms with Crippen molar-refractivity contribution >= 4 is 0 Å². The summed E-state index contributed by atoms with van der Waals surface area (Å²) in [6.45, 7) is 7.27. The molecule has 0 saturated heterocycles. The Morgan fingerprint density at radius 1 is 0.846 bits per heavy atom. The second-order valence-corrected chi connectivity index (χ2v) is 6.33. The van der Waals surface area contributed by atoms with Gasteiger partial charge in [-0.05, 0) is 42.4 Å². The van der Waals surface area contributed by atoms with Gasteiger partial charge in [0.05, 0.1) is 0 Å². The number of rotatable bonds is 0. The summed E-state index contributed by atoms with van der Waals surface area (Å²) >= 11 is 0. The van der Waals surface area contributed by atoms with Gasteiger partial charge in [-0.2, -0.15) is 0 Å². The van der Waals surface area contributed by atoms with Gasteiger partial charge in [0.2, 0.25) is 0 Å². The number of fused-ring (bicyclic) bond motifs is 1. The number of hydrogen-bond donors (Lipinski definition) is 0. The van der Waals surface area contributed by atoms with Crippen LogP contribution in [0.4, 0.5) is 0 Å². The van der Waals surface area contributed by atoms with E-state index in [0.29, 0.717) is 5.41 Å². The molecule has 0 nitrogen and oxygen atoms in total. The van der Waals surface area contributed by atoms with Crippen LogP contribution >= 0.6 is 0 Å². The van der Waals surface area contributed by atoms with Gasteiger partial charge in [0.1, 0.15) is 0 Å². The Bertz CT molecular complexity index is 175. The van der Waals surface area contributed by atoms with Crippen molar-refractivity contribution in [1.29, 1.82) is 0 Å². The fourth-order valence-corrected chi connectivity index (χ4v) is 3.49. The molecule has 0 spiro atoms. The first-order chi connectivity index (χ1) is 6.07. The Morgan fingerprint density at radius 3 is 2.23 bits per heavy atom. The average Bonchev–Trinajstić information content (AvgIpc) is 2.47. The van der Waals surface area contributed by atoms with Crippen molar-refractivity contribution in [1.82, 2.24) is 0 Å². The Hall–Kier alpha value is 0. The third-order valence-electron chi connectivity index (χ3n) is 4.51. The van der Waals surface area contributed by atoms with Gasteiger partial charge in [0.25, 0.3) is 0 Å². The van der Waals surface area contributed by atoms with Crippen LogP contribution in [-0.4, -0.2) is 0 Å². The quantitative estimate of drug-likeness (QED) is 0.523. The summed E-state index contributed by atoms with van der Waals surface area (Å²) in [5.74, 6) is 3.24. The molecule has 76 valence electrons. The van der Waals surface area contributed by atoms with Gasteiger partial charge < -0.3 is 0 Å². The molecule has 0 bridgehead atoms. The Morgan fingerprint density at radius 2 is 1.54 bits per heavy atom. The van der Waals surface area contributed by atoms with Gasteiger partial charge >= 0.3 is 0 Å². The van der Waals surface area contributed by atoms with E-state index in [9.17, 15) is 0 Å². The van der Waals surface area contributed by atoms with Crippen LogP contribution in [0.2, 0.25) is 0 Å². The lowest BCUT2D eigenvalue weighted by atomic mass is 9.66. The summed E-state index contributed by atoms with van der Waals surface area (Å²) in [6.07, 6.45) is 9.18. The molecule has 3 unspecified atom stereocenters. The van der Waals surface area contributed by atoms with E-state index in [4.69, 9.17) is 0 Å². The summed E-state index contributed by atoms with van der Waals surface area (Å²) in [5.41, 5.74) is 0.563. The molecule has 0 aromatic carbocycles. The second kappa shape index (κ2) is 3.29. The lowest BCUT2D eigenvalue weighted by Crippen LogP contribution is -2.29. The normalized spacial score (nSPS) is 40.4. The van der Waals surface area contributed by atoms with Crippen LogP contribution in [0.3, 0.4) is 0 Å². The zero-order valence-electron chi connectivity index (χ0n) is 9.47. The molecule has 0 heteroatoms. The van der Waals surface area contributed by atoms with Crippen LogP contribution in [0, 0.1) is 23.2 Å². The topological polar surface area (TPSA) is 0 Å². The molecule has 0 aromatic rings. The highest BCUT2D eigenvalue weighted by atomic mass is 14.4. The summed E-state index contributed by atoms with van der Waals surface area (Å²) in [7, 11) is 0. The minimum Gasteiger partial charge on any atom is -0.0599 e. The van der Waals surface area contributed by atoms with Crippen molar-refractivity contribution in [2.75, 3.05) is 0 Å². The highest BCUT2D eigenvalue weighted by Crippen LogP contribution is 2.48. The predicted octanol–water partition coefficient (Wildman–Crippen LogP) is 4.25. The molecule has 2 fully saturated rings. The zero-order chi connectivity index (χ0) is 9.47. The molecule has 2 rings (SSSR count). The van der Waals surface area contributed by atoms with Crippen LogP contribution in [0.5, 0.6) is 0 Å². The first kappa shape index (κ1) is 9.55. The fourth-order valence-electron chi connectivity index (χ4n) is 3.49. The van der Waals surface area contributed by atoms with Gasteiger partial charge in [-0.15, -0.1) is 0 Å². The Labute approximate surface area is 83.1 Å². The highest BCUT2D eigenvalue weighted by Gasteiger charge is 2.37. The molecule has 2 saturated carbocycles. The largest absolute Gasteiger partial charge is 0.0599 e. The van der Waals surface area contributed by atoms with Crippen LogP contribution in [0.15, 0.2) is 0 Å². The molecule has 2 aliphatic rings. The molecule has 0 radical (unpaired) electrons. The molecule has 0 heterocycles. The van der Waals surface area contributed by atoms with Crippen LogP contribution in [0.1, 0.15) is 59.3 Å². The van der Waals surface area contributed by atoms with Gasteiger partial charge in [-0.3, -0.25) is 0 Å². The maximum absolute atomic E-state index is 2.42. The van der Waals surface area contributed by atoms with E-state index in [2.05, 4.69) is 20.8 Å². The Kier molecular flexibility index (Phi) is 2.42. The van der Waals surface area contributed by atoms with E-state index in [-0.39, 0.29) is 0 Å². The standard InChI is InChI=1S/C13H24/c1-13(2,3)12-8-7-10-5-4-6-11(10)9-12/h10-12H,4-9H2,1-3H3. The summed E-state index contributed by atoms with van der Waals surface area (Å²) in [4.78, 5) is 0. The molecule has 0 aliphatic heterocycles. The summed E-state index contributed by atoms with van der Waals surface area (Å²) in [6, 6.07) is 0. The molecule has 0 aromatic heterocycles. The first-order valence-corrected chi connectivity index (χ1v) is 6.07. The molecule has 2 aliphatic carbocycles. The maximum atomic E-state index is 2.42. The third-order valence-corrected chi connectivity index (χ3v) is 4.51. The monoisotopic (exact) mass is 180 g/mol. The van der Waals surface area contributed by atoms with Crippen molar-refractivity contribution in [3.63, 3.8) is 0 Å². The van der Waals surface area contributed by atoms with Crippen molar-refractivity contribution in [2.24, 2.45) is 23.2 Å². The van der Waals surface area contributed by atoms with E-state index < -0.39 is 0 Å². The van der Waals surface area contributed by atoms with Gasteiger partial charge in [-0.25, -0.2) is 0 Å². The highest BCUT2D eigenvalue weighted by molar-refractivity contribution is 4.88. The molecule has 3 atom stereocenters. The number of hydrogen-bond acceptors (Lipinski definition) is 0. The minimum absolute atomic E-state index is 0.563. The van der Waals surface area contributed by atoms with Gasteiger partial charge in [0.15, 0.2) is 0 Å². The molecular weight excluding hydrogens is 156 g/mol. The lowest BCUT2D eigenvalue weighted by Gasteiger charge is -2.39. The molecular formula is C13H24. The Balaban J connectivity index is 1.97. The van der Waals surface area contributed by atoms with Gasteiger partial charge in [0, 0.05) is 0 Å². The van der Waals surface area contributed by atoms with E-state index in [1.165, 1.54) is 32.1 Å². The van der Waals surface area contributed by atoms with Crippen molar-refractivity contribution in [3.05, 3.63) is 0 Å².